The van der Waals surface area contributed by atoms with E-state index in [9.17, 15) is 4.79 Å². The van der Waals surface area contributed by atoms with Crippen LogP contribution in [0.5, 0.6) is 0 Å². The highest BCUT2D eigenvalue weighted by Gasteiger charge is 2.31. The van der Waals surface area contributed by atoms with Crippen LogP contribution in [0.2, 0.25) is 0 Å². The van der Waals surface area contributed by atoms with Crippen LogP contribution in [0.15, 0.2) is 36.5 Å². The third kappa shape index (κ3) is 6.98. The van der Waals surface area contributed by atoms with Gasteiger partial charge in [-0.2, -0.15) is 0 Å². The number of anilines is 1. The van der Waals surface area contributed by atoms with Gasteiger partial charge < -0.3 is 29.7 Å². The summed E-state index contributed by atoms with van der Waals surface area (Å²) in [7, 11) is 1.75. The van der Waals surface area contributed by atoms with Crippen molar-refractivity contribution in [1.82, 2.24) is 15.2 Å². The number of ether oxygens (including phenoxy) is 3. The molecule has 3 aliphatic heterocycles. The minimum absolute atomic E-state index is 0.0885. The molecule has 1 aromatic heterocycles. The maximum Gasteiger partial charge on any atom is 0.254 e. The van der Waals surface area contributed by atoms with E-state index in [1.165, 1.54) is 11.1 Å². The number of benzene rings is 1. The van der Waals surface area contributed by atoms with E-state index in [1.807, 2.05) is 17.9 Å². The second-order valence-corrected chi connectivity index (χ2v) is 11.3. The van der Waals surface area contributed by atoms with Crippen LogP contribution >= 0.6 is 0 Å². The topological polar surface area (TPSA) is 85.0 Å². The minimum Gasteiger partial charge on any atom is -0.379 e. The van der Waals surface area contributed by atoms with Crippen LogP contribution in [-0.4, -0.2) is 80.0 Å². The maximum atomic E-state index is 13.5. The summed E-state index contributed by atoms with van der Waals surface area (Å²) in [5.74, 6) is 0.856. The fraction of sp³-hybridized carbons (Fsp3) is 0.613. The van der Waals surface area contributed by atoms with Gasteiger partial charge in [-0.05, 0) is 64.0 Å². The Morgan fingerprint density at radius 3 is 2.64 bits per heavy atom. The molecule has 2 N–H and O–H groups in total. The van der Waals surface area contributed by atoms with Gasteiger partial charge in [0.05, 0.1) is 24.9 Å². The molecule has 3 aliphatic rings. The molecule has 212 valence electrons. The lowest BCUT2D eigenvalue weighted by molar-refractivity contribution is -0.0533. The Morgan fingerprint density at radius 1 is 1.08 bits per heavy atom. The van der Waals surface area contributed by atoms with Gasteiger partial charge in [-0.3, -0.25) is 4.79 Å². The van der Waals surface area contributed by atoms with Crippen LogP contribution in [0, 0.1) is 13.8 Å². The second kappa shape index (κ2) is 13.2. The monoisotopic (exact) mass is 536 g/mol. The fourth-order valence-electron chi connectivity index (χ4n) is 6.09. The minimum atomic E-state index is 0.0885. The van der Waals surface area contributed by atoms with Gasteiger partial charge in [0, 0.05) is 62.8 Å². The Morgan fingerprint density at radius 2 is 1.87 bits per heavy atom. The zero-order valence-corrected chi connectivity index (χ0v) is 23.7. The summed E-state index contributed by atoms with van der Waals surface area (Å²) in [6.07, 6.45) is 8.14. The number of piperidine rings is 1. The van der Waals surface area contributed by atoms with Crippen molar-refractivity contribution in [2.45, 2.75) is 82.8 Å². The first-order valence-corrected chi connectivity index (χ1v) is 14.6. The molecule has 1 amide bonds. The molecule has 3 fully saturated rings. The van der Waals surface area contributed by atoms with Crippen molar-refractivity contribution in [2.75, 3.05) is 45.3 Å². The average molecular weight is 537 g/mol. The summed E-state index contributed by atoms with van der Waals surface area (Å²) in [5.41, 5.74) is 4.14. The Bertz CT molecular complexity index is 1090. The predicted molar refractivity (Wildman–Crippen MR) is 152 cm³/mol. The molecule has 8 nitrogen and oxygen atoms in total. The number of likely N-dealkylation sites (tertiary alicyclic amines) is 1. The van der Waals surface area contributed by atoms with Crippen molar-refractivity contribution in [2.24, 2.45) is 0 Å². The van der Waals surface area contributed by atoms with Crippen molar-refractivity contribution >= 4 is 11.7 Å². The molecule has 2 aromatic rings. The summed E-state index contributed by atoms with van der Waals surface area (Å²) in [4.78, 5) is 20.0. The normalized spacial score (nSPS) is 26.4. The number of pyridine rings is 1. The standard InChI is InChI=1S/C31H44N4O4/c1-21-7-9-23(10-8-21)28-6-4-5-25(39-28)19-33-30-22(2)26(11-15-32-30)31(36)35-16-12-24(13-17-35)34-27-14-18-38-20-29(27)37-3/h7-11,15,24-25,27-29,34H,4-6,12-14,16-20H2,1-3H3,(H,32,33)/t25-,27-,28+,29+/m1/s1. The van der Waals surface area contributed by atoms with E-state index in [2.05, 4.69) is 46.8 Å². The van der Waals surface area contributed by atoms with E-state index in [0.29, 0.717) is 25.2 Å². The SMILES string of the molecule is CO[C@H]1COCC[C@H]1NC1CCN(C(=O)c2ccnc(NC[C@H]3CCC[C@@H](c4ccc(C)cc4)O3)c2C)CC1. The van der Waals surface area contributed by atoms with E-state index < -0.39 is 0 Å². The fourth-order valence-corrected chi connectivity index (χ4v) is 6.09. The Labute approximate surface area is 232 Å². The van der Waals surface area contributed by atoms with E-state index in [4.69, 9.17) is 14.2 Å². The number of amides is 1. The molecular formula is C31H44N4O4. The average Bonchev–Trinajstić information content (AvgIpc) is 2.97. The molecule has 5 rings (SSSR count). The van der Waals surface area contributed by atoms with Gasteiger partial charge in [-0.1, -0.05) is 29.8 Å². The maximum absolute atomic E-state index is 13.5. The molecule has 0 unspecified atom stereocenters. The molecule has 0 radical (unpaired) electrons. The molecule has 0 saturated carbocycles. The van der Waals surface area contributed by atoms with E-state index in [-0.39, 0.29) is 24.2 Å². The lowest BCUT2D eigenvalue weighted by Crippen LogP contribution is -2.54. The number of aromatic nitrogens is 1. The van der Waals surface area contributed by atoms with Crippen LogP contribution < -0.4 is 10.6 Å². The first kappa shape index (κ1) is 28.0. The van der Waals surface area contributed by atoms with Crippen molar-refractivity contribution in [3.8, 4) is 0 Å². The van der Waals surface area contributed by atoms with Gasteiger partial charge in [-0.25, -0.2) is 4.98 Å². The zero-order chi connectivity index (χ0) is 27.2. The number of nitrogens with zero attached hydrogens (tertiary/aromatic N) is 2. The van der Waals surface area contributed by atoms with Crippen molar-refractivity contribution in [3.05, 3.63) is 58.8 Å². The molecular weight excluding hydrogens is 492 g/mol. The highest BCUT2D eigenvalue weighted by atomic mass is 16.5. The quantitative estimate of drug-likeness (QED) is 0.517. The van der Waals surface area contributed by atoms with Crippen molar-refractivity contribution in [3.63, 3.8) is 0 Å². The van der Waals surface area contributed by atoms with Gasteiger partial charge in [-0.15, -0.1) is 0 Å². The largest absolute Gasteiger partial charge is 0.379 e. The van der Waals surface area contributed by atoms with Gasteiger partial charge in [0.1, 0.15) is 5.82 Å². The number of rotatable bonds is 8. The molecule has 4 atom stereocenters. The number of hydrogen-bond acceptors (Lipinski definition) is 7. The molecule has 0 bridgehead atoms. The molecule has 3 saturated heterocycles. The van der Waals surface area contributed by atoms with Crippen molar-refractivity contribution in [1.29, 1.82) is 0 Å². The van der Waals surface area contributed by atoms with Gasteiger partial charge in [0.25, 0.3) is 5.91 Å². The number of carbonyl (C=O) groups is 1. The third-order valence-electron chi connectivity index (χ3n) is 8.57. The van der Waals surface area contributed by atoms with Crippen LogP contribution in [0.25, 0.3) is 0 Å². The smallest absolute Gasteiger partial charge is 0.254 e. The van der Waals surface area contributed by atoms with E-state index in [0.717, 1.165) is 75.2 Å². The van der Waals surface area contributed by atoms with Gasteiger partial charge in [0.15, 0.2) is 0 Å². The van der Waals surface area contributed by atoms with Gasteiger partial charge >= 0.3 is 0 Å². The first-order valence-electron chi connectivity index (χ1n) is 14.6. The third-order valence-corrected chi connectivity index (χ3v) is 8.57. The molecule has 8 heteroatoms. The number of hydrogen-bond donors (Lipinski definition) is 2. The lowest BCUT2D eigenvalue weighted by Gasteiger charge is -2.38. The number of carbonyl (C=O) groups excluding carboxylic acids is 1. The molecule has 4 heterocycles. The Balaban J connectivity index is 1.13. The van der Waals surface area contributed by atoms with Crippen LogP contribution in [0.1, 0.15) is 71.7 Å². The van der Waals surface area contributed by atoms with Crippen LogP contribution in [0.4, 0.5) is 5.82 Å². The van der Waals surface area contributed by atoms with E-state index in [1.54, 1.807) is 13.3 Å². The molecule has 39 heavy (non-hydrogen) atoms. The zero-order valence-electron chi connectivity index (χ0n) is 23.7. The molecule has 0 spiro atoms. The number of nitrogens with one attached hydrogen (secondary N) is 2. The predicted octanol–water partition coefficient (Wildman–Crippen LogP) is 4.42. The number of methoxy groups -OCH3 is 1. The highest BCUT2D eigenvalue weighted by molar-refractivity contribution is 5.96. The molecule has 0 aliphatic carbocycles. The Kier molecular flexibility index (Phi) is 9.50. The summed E-state index contributed by atoms with van der Waals surface area (Å²) in [6.45, 7) is 7.69. The number of aryl methyl sites for hydroxylation is 1. The summed E-state index contributed by atoms with van der Waals surface area (Å²) >= 11 is 0. The van der Waals surface area contributed by atoms with Gasteiger partial charge in [0.2, 0.25) is 0 Å². The van der Waals surface area contributed by atoms with Crippen LogP contribution in [0.3, 0.4) is 0 Å². The van der Waals surface area contributed by atoms with Crippen molar-refractivity contribution < 1.29 is 19.0 Å². The summed E-state index contributed by atoms with van der Waals surface area (Å²) in [5, 5.41) is 7.25. The van der Waals surface area contributed by atoms with Crippen LogP contribution in [-0.2, 0) is 14.2 Å². The Hall–Kier alpha value is -2.52. The highest BCUT2D eigenvalue weighted by Crippen LogP contribution is 2.32. The molecule has 1 aromatic carbocycles. The first-order chi connectivity index (χ1) is 19.0. The summed E-state index contributed by atoms with van der Waals surface area (Å²) < 4.78 is 17.6. The second-order valence-electron chi connectivity index (χ2n) is 11.3. The lowest BCUT2D eigenvalue weighted by atomic mass is 9.97. The summed E-state index contributed by atoms with van der Waals surface area (Å²) in [6, 6.07) is 11.2. The van der Waals surface area contributed by atoms with E-state index >= 15 is 0 Å².